The molecular weight excluding hydrogens is 372 g/mol. The lowest BCUT2D eigenvalue weighted by Gasteiger charge is -2.31. The van der Waals surface area contributed by atoms with Gasteiger partial charge in [-0.05, 0) is 12.8 Å². The summed E-state index contributed by atoms with van der Waals surface area (Å²) >= 11 is 0.647. The zero-order valence-corrected chi connectivity index (χ0v) is 15.6. The molecule has 0 aromatic rings. The van der Waals surface area contributed by atoms with Crippen molar-refractivity contribution in [2.75, 3.05) is 13.2 Å². The third kappa shape index (κ3) is 8.53. The topological polar surface area (TPSA) is 110 Å². The molecule has 1 unspecified atom stereocenters. The first-order valence-electron chi connectivity index (χ1n) is 6.54. The number of carboxylic acids is 1. The summed E-state index contributed by atoms with van der Waals surface area (Å²) in [4.78, 5) is 33.8. The fourth-order valence-corrected chi connectivity index (χ4v) is 9.00. The van der Waals surface area contributed by atoms with Crippen LogP contribution in [0, 0.1) is 0 Å². The SMILES string of the molecule is CCCCOSS(OCCCC)(SSC(=O)O)C(=O)C(=O)O. The van der Waals surface area contributed by atoms with Gasteiger partial charge in [-0.25, -0.2) is 9.59 Å². The van der Waals surface area contributed by atoms with Gasteiger partial charge in [-0.1, -0.05) is 26.7 Å². The molecule has 0 aliphatic carbocycles. The molecule has 0 aromatic heterocycles. The minimum absolute atomic E-state index is 0.169. The van der Waals surface area contributed by atoms with Gasteiger partial charge in [0.15, 0.2) is 0 Å². The van der Waals surface area contributed by atoms with Crippen molar-refractivity contribution in [1.29, 1.82) is 0 Å². The average molecular weight is 393 g/mol. The number of carbonyl (C=O) groups excluding carboxylic acids is 1. The molecule has 0 amide bonds. The van der Waals surface area contributed by atoms with E-state index in [1.807, 2.05) is 13.8 Å². The predicted molar refractivity (Wildman–Crippen MR) is 92.8 cm³/mol. The molecule has 0 aromatic carbocycles. The number of hydrogen-bond acceptors (Lipinski definition) is 8. The molecule has 0 heterocycles. The second kappa shape index (κ2) is 12.4. The highest BCUT2D eigenvalue weighted by Gasteiger charge is 2.43. The van der Waals surface area contributed by atoms with Gasteiger partial charge in [0.2, 0.25) is 0 Å². The van der Waals surface area contributed by atoms with Gasteiger partial charge in [-0.15, -0.1) is 0 Å². The molecule has 11 heteroatoms. The van der Waals surface area contributed by atoms with Gasteiger partial charge in [-0.2, -0.15) is 0 Å². The number of aliphatic carboxylic acids is 1. The molecule has 0 rings (SSSR count). The monoisotopic (exact) mass is 392 g/mol. The van der Waals surface area contributed by atoms with Crippen molar-refractivity contribution in [2.45, 2.75) is 39.5 Å². The van der Waals surface area contributed by atoms with E-state index in [0.29, 0.717) is 44.7 Å². The summed E-state index contributed by atoms with van der Waals surface area (Å²) in [6, 6.07) is 0. The fraction of sp³-hybridized carbons (Fsp3) is 0.727. The minimum Gasteiger partial charge on any atom is -0.475 e. The lowest BCUT2D eigenvalue weighted by atomic mass is 10.4. The fourth-order valence-electron chi connectivity index (χ4n) is 0.960. The van der Waals surface area contributed by atoms with Gasteiger partial charge in [-0.3, -0.25) is 4.79 Å². The minimum atomic E-state index is -2.97. The second-order valence-corrected chi connectivity index (χ2v) is 12.4. The summed E-state index contributed by atoms with van der Waals surface area (Å²) in [6.07, 6.45) is 3.06. The molecular formula is C11H20O7S4. The highest BCUT2D eigenvalue weighted by Crippen LogP contribution is 2.74. The molecule has 7 nitrogen and oxygen atoms in total. The number of rotatable bonds is 11. The molecule has 1 atom stereocenters. The average Bonchev–Trinajstić information content (AvgIpc) is 2.47. The number of carbonyl (C=O) groups is 3. The van der Waals surface area contributed by atoms with Crippen molar-refractivity contribution in [3.63, 3.8) is 0 Å². The Hall–Kier alpha value is -0.0700. The van der Waals surface area contributed by atoms with Crippen LogP contribution in [0.15, 0.2) is 0 Å². The van der Waals surface area contributed by atoms with Crippen LogP contribution in [0.2, 0.25) is 0 Å². The standard InChI is InChI=1S/C11H20O7S4/c1-3-5-7-17-20-22(10(14)9(12)13,18-8-6-4-2)21-19-11(15)16/h3-8H2,1-2H3,(H,12,13)(H,15,16). The Labute approximate surface area is 142 Å². The molecule has 0 aliphatic heterocycles. The predicted octanol–water partition coefficient (Wildman–Crippen LogP) is 4.49. The van der Waals surface area contributed by atoms with Crippen LogP contribution in [-0.4, -0.2) is 39.8 Å². The maximum Gasteiger partial charge on any atom is 0.385 e. The summed E-state index contributed by atoms with van der Waals surface area (Å²) in [7, 11) is -1.99. The van der Waals surface area contributed by atoms with E-state index in [0.717, 1.165) is 19.3 Å². The summed E-state index contributed by atoms with van der Waals surface area (Å²) in [5, 5.41) is 15.4. The Morgan fingerprint density at radius 2 is 1.64 bits per heavy atom. The van der Waals surface area contributed by atoms with E-state index in [-0.39, 0.29) is 6.61 Å². The molecule has 0 fully saturated rings. The molecule has 130 valence electrons. The van der Waals surface area contributed by atoms with Gasteiger partial charge in [0.25, 0.3) is 0 Å². The Balaban J connectivity index is 5.05. The molecule has 0 saturated heterocycles. The van der Waals surface area contributed by atoms with Gasteiger partial charge >= 0.3 is 16.4 Å². The third-order valence-electron chi connectivity index (χ3n) is 2.05. The van der Waals surface area contributed by atoms with E-state index < -0.39 is 24.8 Å². The van der Waals surface area contributed by atoms with Crippen molar-refractivity contribution < 1.29 is 33.0 Å². The van der Waals surface area contributed by atoms with Crippen molar-refractivity contribution >= 4 is 56.5 Å². The second-order valence-electron chi connectivity index (χ2n) is 3.88. The molecule has 2 N–H and O–H groups in total. The number of unbranched alkanes of at least 4 members (excludes halogenated alkanes) is 2. The van der Waals surface area contributed by atoms with Gasteiger partial charge in [0, 0.05) is 20.6 Å². The molecule has 0 aliphatic rings. The van der Waals surface area contributed by atoms with Crippen molar-refractivity contribution in [2.24, 2.45) is 0 Å². The summed E-state index contributed by atoms with van der Waals surface area (Å²) in [5.74, 6) is -1.66. The first-order valence-corrected chi connectivity index (χ1v) is 12.0. The van der Waals surface area contributed by atoms with Crippen molar-refractivity contribution in [3.8, 4) is 0 Å². The van der Waals surface area contributed by atoms with Crippen LogP contribution in [0.1, 0.15) is 39.5 Å². The summed E-state index contributed by atoms with van der Waals surface area (Å²) in [5.41, 5.74) is 0. The largest absolute Gasteiger partial charge is 0.475 e. The van der Waals surface area contributed by atoms with Crippen LogP contribution in [-0.2, 0) is 18.0 Å². The maximum atomic E-state index is 12.0. The molecule has 0 bridgehead atoms. The highest BCUT2D eigenvalue weighted by atomic mass is 33.7. The van der Waals surface area contributed by atoms with Crippen molar-refractivity contribution in [3.05, 3.63) is 0 Å². The van der Waals surface area contributed by atoms with E-state index in [1.165, 1.54) is 0 Å². The molecule has 22 heavy (non-hydrogen) atoms. The van der Waals surface area contributed by atoms with E-state index >= 15 is 0 Å². The Morgan fingerprint density at radius 3 is 2.14 bits per heavy atom. The Kier molecular flexibility index (Phi) is 12.3. The first-order chi connectivity index (χ1) is 10.4. The van der Waals surface area contributed by atoms with Crippen LogP contribution in [0.5, 0.6) is 0 Å². The van der Waals surface area contributed by atoms with Crippen LogP contribution in [0.25, 0.3) is 0 Å². The van der Waals surface area contributed by atoms with Crippen LogP contribution < -0.4 is 0 Å². The zero-order valence-electron chi connectivity index (χ0n) is 12.3. The number of hydrogen-bond donors (Lipinski definition) is 2. The lowest BCUT2D eigenvalue weighted by molar-refractivity contribution is -0.145. The van der Waals surface area contributed by atoms with Gasteiger partial charge in [0.1, 0.15) is 0 Å². The van der Waals surface area contributed by atoms with E-state index in [4.69, 9.17) is 18.6 Å². The van der Waals surface area contributed by atoms with Crippen LogP contribution in [0.4, 0.5) is 4.79 Å². The molecule has 0 spiro atoms. The van der Waals surface area contributed by atoms with Crippen LogP contribution in [0.3, 0.4) is 0 Å². The van der Waals surface area contributed by atoms with Gasteiger partial charge < -0.3 is 18.6 Å². The van der Waals surface area contributed by atoms with E-state index in [2.05, 4.69) is 0 Å². The lowest BCUT2D eigenvalue weighted by Crippen LogP contribution is -2.19. The zero-order chi connectivity index (χ0) is 17.0. The highest BCUT2D eigenvalue weighted by molar-refractivity contribution is 9.40. The number of carboxylic acid groups (broad SMARTS) is 2. The normalized spacial score (nSPS) is 15.0. The first kappa shape index (κ1) is 21.9. The Bertz CT molecular complexity index is 379. The van der Waals surface area contributed by atoms with E-state index in [1.54, 1.807) is 0 Å². The van der Waals surface area contributed by atoms with Gasteiger partial charge in [0.05, 0.1) is 32.7 Å². The quantitative estimate of drug-likeness (QED) is 0.226. The summed E-state index contributed by atoms with van der Waals surface area (Å²) in [6.45, 7) is 4.38. The molecule has 0 saturated carbocycles. The third-order valence-corrected chi connectivity index (χ3v) is 11.7. The maximum absolute atomic E-state index is 12.0. The van der Waals surface area contributed by atoms with Crippen molar-refractivity contribution in [1.82, 2.24) is 0 Å². The molecule has 0 radical (unpaired) electrons. The Morgan fingerprint density at radius 1 is 1.05 bits per heavy atom. The smallest absolute Gasteiger partial charge is 0.385 e. The summed E-state index contributed by atoms with van der Waals surface area (Å²) < 4.78 is 10.8. The van der Waals surface area contributed by atoms with E-state index in [9.17, 15) is 14.4 Å². The van der Waals surface area contributed by atoms with Crippen LogP contribution >= 0.6 is 40.1 Å².